The zero-order chi connectivity index (χ0) is 24.8. The van der Waals surface area contributed by atoms with Gasteiger partial charge < -0.3 is 16.4 Å². The van der Waals surface area contributed by atoms with Crippen LogP contribution in [0.15, 0.2) is 59.1 Å². The highest BCUT2D eigenvalue weighted by molar-refractivity contribution is 9.10. The minimum absolute atomic E-state index is 0.199. The van der Waals surface area contributed by atoms with Crippen LogP contribution in [0, 0.1) is 12.8 Å². The molecule has 34 heavy (non-hydrogen) atoms. The van der Waals surface area contributed by atoms with Crippen molar-refractivity contribution in [3.05, 3.63) is 85.8 Å². The molecule has 0 aromatic heterocycles. The van der Waals surface area contributed by atoms with Gasteiger partial charge in [0, 0.05) is 32.5 Å². The van der Waals surface area contributed by atoms with E-state index in [0.29, 0.717) is 22.1 Å². The highest BCUT2D eigenvalue weighted by Gasteiger charge is 2.67. The summed E-state index contributed by atoms with van der Waals surface area (Å²) in [5, 5.41) is 6.34. The molecule has 0 bridgehead atoms. The fraction of sp³-hybridized carbons (Fsp3) is 0.167. The Morgan fingerprint density at radius 1 is 1.00 bits per heavy atom. The van der Waals surface area contributed by atoms with Crippen molar-refractivity contribution in [2.45, 2.75) is 17.2 Å². The highest BCUT2D eigenvalue weighted by Crippen LogP contribution is 2.65. The summed E-state index contributed by atoms with van der Waals surface area (Å²) in [7, 11) is 0. The van der Waals surface area contributed by atoms with Crippen LogP contribution in [-0.4, -0.2) is 16.1 Å². The molecule has 0 saturated heterocycles. The van der Waals surface area contributed by atoms with Crippen LogP contribution in [0.5, 0.6) is 0 Å². The molecule has 0 radical (unpaired) electrons. The summed E-state index contributed by atoms with van der Waals surface area (Å²) in [6, 6.07) is 15.1. The number of hydrogen-bond acceptors (Lipinski definition) is 3. The number of carbonyl (C=O) groups is 2. The third kappa shape index (κ3) is 5.16. The van der Waals surface area contributed by atoms with Crippen LogP contribution in [0.2, 0.25) is 10.0 Å². The first kappa shape index (κ1) is 25.1. The highest BCUT2D eigenvalue weighted by atomic mass is 79.9. The third-order valence-electron chi connectivity index (χ3n) is 5.56. The van der Waals surface area contributed by atoms with E-state index in [9.17, 15) is 9.59 Å². The number of aryl methyl sites for hydroxylation is 1. The van der Waals surface area contributed by atoms with Gasteiger partial charge in [-0.05, 0) is 72.6 Å². The molecule has 1 saturated carbocycles. The van der Waals surface area contributed by atoms with Crippen molar-refractivity contribution in [1.82, 2.24) is 0 Å². The lowest BCUT2D eigenvalue weighted by molar-refractivity contribution is -0.117. The van der Waals surface area contributed by atoms with Gasteiger partial charge in [-0.3, -0.25) is 9.59 Å². The van der Waals surface area contributed by atoms with E-state index in [1.54, 1.807) is 36.4 Å². The smallest absolute Gasteiger partial charge is 0.257 e. The predicted molar refractivity (Wildman–Crippen MR) is 143 cm³/mol. The minimum atomic E-state index is -1.28. The summed E-state index contributed by atoms with van der Waals surface area (Å²) in [4.78, 5) is 25.9. The monoisotopic (exact) mass is 599 g/mol. The summed E-state index contributed by atoms with van der Waals surface area (Å²) >= 11 is 28.7. The summed E-state index contributed by atoms with van der Waals surface area (Å²) < 4.78 is -0.525. The average Bonchev–Trinajstić information content (AvgIpc) is 3.33. The van der Waals surface area contributed by atoms with Crippen molar-refractivity contribution in [1.29, 1.82) is 0 Å². The molecule has 2 atom stereocenters. The number of hydrogen-bond donors (Lipinski definition) is 3. The molecule has 3 aromatic carbocycles. The van der Waals surface area contributed by atoms with E-state index < -0.39 is 22.1 Å². The van der Waals surface area contributed by atoms with Gasteiger partial charge in [0.15, 0.2) is 0 Å². The Morgan fingerprint density at radius 3 is 2.41 bits per heavy atom. The number of nitrogens with two attached hydrogens (primary N) is 1. The zero-order valence-corrected chi connectivity index (χ0v) is 22.2. The number of benzene rings is 3. The number of nitrogens with one attached hydrogen (secondary N) is 2. The van der Waals surface area contributed by atoms with Crippen molar-refractivity contribution in [2.24, 2.45) is 5.92 Å². The number of nitrogen functional groups attached to an aromatic ring is 1. The Balaban J connectivity index is 1.52. The average molecular weight is 602 g/mol. The van der Waals surface area contributed by atoms with Gasteiger partial charge in [0.25, 0.3) is 5.91 Å². The Labute approximate surface area is 225 Å². The molecular formula is C24H18BrCl4N3O2. The quantitative estimate of drug-likeness (QED) is 0.210. The van der Waals surface area contributed by atoms with Crippen molar-refractivity contribution in [2.75, 3.05) is 16.4 Å². The van der Waals surface area contributed by atoms with Crippen LogP contribution in [0.25, 0.3) is 0 Å². The lowest BCUT2D eigenvalue weighted by Crippen LogP contribution is -2.18. The second kappa shape index (κ2) is 9.59. The van der Waals surface area contributed by atoms with E-state index >= 15 is 0 Å². The van der Waals surface area contributed by atoms with E-state index in [0.717, 1.165) is 15.6 Å². The Kier molecular flexibility index (Phi) is 7.09. The maximum Gasteiger partial charge on any atom is 0.257 e. The number of amides is 2. The number of anilines is 3. The van der Waals surface area contributed by atoms with Gasteiger partial charge in [-0.15, -0.1) is 23.2 Å². The first-order valence-corrected chi connectivity index (χ1v) is 12.4. The Bertz CT molecular complexity index is 1300. The molecule has 0 spiro atoms. The van der Waals surface area contributed by atoms with Gasteiger partial charge in [-0.25, -0.2) is 0 Å². The maximum atomic E-state index is 13.0. The molecule has 1 fully saturated rings. The third-order valence-corrected chi connectivity index (χ3v) is 7.50. The molecule has 2 amide bonds. The fourth-order valence-electron chi connectivity index (χ4n) is 3.84. The zero-order valence-electron chi connectivity index (χ0n) is 17.6. The molecule has 4 N–H and O–H groups in total. The molecule has 5 nitrogen and oxygen atoms in total. The molecule has 3 aromatic rings. The van der Waals surface area contributed by atoms with Gasteiger partial charge >= 0.3 is 0 Å². The van der Waals surface area contributed by atoms with Crippen molar-refractivity contribution in [3.63, 3.8) is 0 Å². The van der Waals surface area contributed by atoms with E-state index in [1.165, 1.54) is 12.1 Å². The van der Waals surface area contributed by atoms with Crippen molar-refractivity contribution >= 4 is 91.2 Å². The molecule has 0 aliphatic heterocycles. The minimum Gasteiger partial charge on any atom is -0.399 e. The van der Waals surface area contributed by atoms with Crippen LogP contribution < -0.4 is 16.4 Å². The molecule has 0 heterocycles. The second-order valence-electron chi connectivity index (χ2n) is 8.05. The summed E-state index contributed by atoms with van der Waals surface area (Å²) in [5.41, 5.74) is 9.11. The molecule has 1 aliphatic carbocycles. The van der Waals surface area contributed by atoms with E-state index in [2.05, 4.69) is 26.6 Å². The lowest BCUT2D eigenvalue weighted by atomic mass is 10.1. The van der Waals surface area contributed by atoms with E-state index in [-0.39, 0.29) is 16.5 Å². The molecule has 1 aliphatic rings. The van der Waals surface area contributed by atoms with Crippen LogP contribution in [0.1, 0.15) is 27.4 Å². The molecule has 0 unspecified atom stereocenters. The molecule has 10 heteroatoms. The number of rotatable bonds is 5. The maximum absolute atomic E-state index is 13.0. The van der Waals surface area contributed by atoms with E-state index in [4.69, 9.17) is 52.1 Å². The second-order valence-corrected chi connectivity index (χ2v) is 11.2. The topological polar surface area (TPSA) is 84.2 Å². The van der Waals surface area contributed by atoms with Gasteiger partial charge in [0.2, 0.25) is 5.91 Å². The van der Waals surface area contributed by atoms with Gasteiger partial charge in [-0.1, -0.05) is 39.1 Å². The van der Waals surface area contributed by atoms with Crippen LogP contribution in [0.4, 0.5) is 17.1 Å². The molecule has 4 rings (SSSR count). The van der Waals surface area contributed by atoms with Gasteiger partial charge in [-0.2, -0.15) is 0 Å². The largest absolute Gasteiger partial charge is 0.399 e. The summed E-state index contributed by atoms with van der Waals surface area (Å²) in [6.45, 7) is 1.83. The molecular weight excluding hydrogens is 584 g/mol. The first-order chi connectivity index (χ1) is 16.0. The number of alkyl halides is 2. The standard InChI is InChI=1S/C24H18BrCl4N3O2/c1-11-6-15(30)2-5-19(11)32-22(33)17-10-16(3-4-18(17)27)31-23(34)21-20(24(21,28)29)12-7-13(25)9-14(26)8-12/h2-10,20-21H,30H2,1H3,(H,31,34)(H,32,33)/t20-,21+/m1/s1. The number of halogens is 5. The predicted octanol–water partition coefficient (Wildman–Crippen LogP) is 7.42. The Hall–Kier alpha value is -1.96. The van der Waals surface area contributed by atoms with Crippen molar-refractivity contribution < 1.29 is 9.59 Å². The summed E-state index contributed by atoms with van der Waals surface area (Å²) in [5.74, 6) is -1.94. The van der Waals surface area contributed by atoms with Crippen molar-refractivity contribution in [3.8, 4) is 0 Å². The summed E-state index contributed by atoms with van der Waals surface area (Å²) in [6.07, 6.45) is 0. The van der Waals surface area contributed by atoms with Crippen LogP contribution in [-0.2, 0) is 4.79 Å². The molecule has 176 valence electrons. The lowest BCUT2D eigenvalue weighted by Gasteiger charge is -2.12. The van der Waals surface area contributed by atoms with Crippen LogP contribution in [0.3, 0.4) is 0 Å². The van der Waals surface area contributed by atoms with Crippen LogP contribution >= 0.6 is 62.3 Å². The normalized spacial score (nSPS) is 18.3. The van der Waals surface area contributed by atoms with Gasteiger partial charge in [0.05, 0.1) is 16.5 Å². The SMILES string of the molecule is Cc1cc(N)ccc1NC(=O)c1cc(NC(=O)[C@@H]2[C@@H](c3cc(Cl)cc(Br)c3)C2(Cl)Cl)ccc1Cl. The fourth-order valence-corrected chi connectivity index (χ4v) is 5.75. The van der Waals surface area contributed by atoms with E-state index in [1.807, 2.05) is 13.0 Å². The first-order valence-electron chi connectivity index (χ1n) is 10.1. The van der Waals surface area contributed by atoms with Gasteiger partial charge in [0.1, 0.15) is 4.33 Å². The Morgan fingerprint density at radius 2 is 1.74 bits per heavy atom. The number of carbonyl (C=O) groups excluding carboxylic acids is 2.